The van der Waals surface area contributed by atoms with E-state index in [9.17, 15) is 10.1 Å². The van der Waals surface area contributed by atoms with Gasteiger partial charge in [-0.3, -0.25) is 4.79 Å². The third kappa shape index (κ3) is 5.79. The molecule has 1 amide bonds. The van der Waals surface area contributed by atoms with Crippen LogP contribution >= 0.6 is 11.6 Å². The number of hydrogen-bond acceptors (Lipinski definition) is 6. The van der Waals surface area contributed by atoms with E-state index in [1.54, 1.807) is 36.7 Å². The second kappa shape index (κ2) is 9.65. The second-order valence-electron chi connectivity index (χ2n) is 10.2. The zero-order valence-electron chi connectivity index (χ0n) is 20.3. The summed E-state index contributed by atoms with van der Waals surface area (Å²) in [6, 6.07) is 12.6. The predicted molar refractivity (Wildman–Crippen MR) is 138 cm³/mol. The van der Waals surface area contributed by atoms with Gasteiger partial charge in [0.2, 0.25) is 0 Å². The minimum Gasteiger partial charge on any atom is -0.454 e. The molecule has 0 unspecified atom stereocenters. The third-order valence-corrected chi connectivity index (χ3v) is 6.34. The Hall–Kier alpha value is -3.47. The van der Waals surface area contributed by atoms with Crippen molar-refractivity contribution in [3.8, 4) is 17.6 Å². The Balaban J connectivity index is 1.51. The van der Waals surface area contributed by atoms with Crippen molar-refractivity contribution in [2.45, 2.75) is 57.7 Å². The molecule has 2 heterocycles. The smallest absolute Gasteiger partial charge is 0.251 e. The molecule has 1 fully saturated rings. The van der Waals surface area contributed by atoms with Gasteiger partial charge in [0.25, 0.3) is 5.91 Å². The molecule has 0 aliphatic carbocycles. The molecule has 4 N–H and O–H groups in total. The fourth-order valence-corrected chi connectivity index (χ4v) is 5.24. The van der Waals surface area contributed by atoms with Gasteiger partial charge in [0.1, 0.15) is 23.1 Å². The average molecular weight is 492 g/mol. The number of hydrazine groups is 1. The van der Waals surface area contributed by atoms with Crippen LogP contribution in [0.5, 0.6) is 11.5 Å². The van der Waals surface area contributed by atoms with Crippen LogP contribution in [0.15, 0.2) is 54.9 Å². The van der Waals surface area contributed by atoms with Crippen LogP contribution in [0.2, 0.25) is 5.02 Å². The average Bonchev–Trinajstić information content (AvgIpc) is 2.78. The second-order valence-corrected chi connectivity index (χ2v) is 10.6. The molecule has 8 heteroatoms. The normalized spacial score (nSPS) is 18.5. The number of benzene rings is 2. The highest BCUT2D eigenvalue weighted by Gasteiger charge is 2.38. The summed E-state index contributed by atoms with van der Waals surface area (Å²) in [7, 11) is 0. The number of allylic oxidation sites excluding steroid dienone is 2. The predicted octanol–water partition coefficient (Wildman–Crippen LogP) is 5.01. The summed E-state index contributed by atoms with van der Waals surface area (Å²) in [5, 5.41) is 16.9. The highest BCUT2D eigenvalue weighted by atomic mass is 35.5. The number of ether oxygens (including phenoxy) is 1. The fourth-order valence-electron chi connectivity index (χ4n) is 5.02. The van der Waals surface area contributed by atoms with E-state index in [0.717, 1.165) is 24.0 Å². The molecule has 0 radical (unpaired) electrons. The van der Waals surface area contributed by atoms with Gasteiger partial charge in [-0.15, -0.1) is 0 Å². The Labute approximate surface area is 211 Å². The van der Waals surface area contributed by atoms with Crippen LogP contribution in [0.4, 0.5) is 0 Å². The van der Waals surface area contributed by atoms with Crippen molar-refractivity contribution in [2.75, 3.05) is 0 Å². The zero-order chi connectivity index (χ0) is 25.2. The number of nitriles is 1. The van der Waals surface area contributed by atoms with Gasteiger partial charge in [0.15, 0.2) is 0 Å². The lowest BCUT2D eigenvalue weighted by atomic mass is 9.79. The molecule has 2 aliphatic heterocycles. The first-order chi connectivity index (χ1) is 16.6. The van der Waals surface area contributed by atoms with Gasteiger partial charge in [-0.05, 0) is 70.9 Å². The first-order valence-electron chi connectivity index (χ1n) is 11.6. The molecule has 2 aromatic rings. The monoisotopic (exact) mass is 491 g/mol. The number of nitrogens with one attached hydrogen (secondary N) is 4. The molecular formula is C27H30ClN5O2. The quantitative estimate of drug-likeness (QED) is 0.469. The van der Waals surface area contributed by atoms with Crippen molar-refractivity contribution >= 4 is 23.1 Å². The molecule has 7 nitrogen and oxygen atoms in total. The minimum absolute atomic E-state index is 0.0530. The van der Waals surface area contributed by atoms with E-state index < -0.39 is 0 Å². The van der Waals surface area contributed by atoms with Crippen LogP contribution in [0, 0.1) is 11.3 Å². The molecule has 0 saturated carbocycles. The first-order valence-corrected chi connectivity index (χ1v) is 11.9. The van der Waals surface area contributed by atoms with Gasteiger partial charge in [-0.2, -0.15) is 5.26 Å². The van der Waals surface area contributed by atoms with Crippen LogP contribution in [0.25, 0.3) is 5.57 Å². The van der Waals surface area contributed by atoms with Crippen molar-refractivity contribution in [1.82, 2.24) is 21.5 Å². The lowest BCUT2D eigenvalue weighted by Gasteiger charge is -2.46. The molecule has 182 valence electrons. The van der Waals surface area contributed by atoms with Crippen molar-refractivity contribution < 1.29 is 9.53 Å². The molecule has 0 bridgehead atoms. The summed E-state index contributed by atoms with van der Waals surface area (Å²) in [6.45, 7) is 8.59. The van der Waals surface area contributed by atoms with Crippen molar-refractivity contribution in [1.29, 1.82) is 5.26 Å². The molecule has 1 saturated heterocycles. The Morgan fingerprint density at radius 2 is 1.86 bits per heavy atom. The highest BCUT2D eigenvalue weighted by molar-refractivity contribution is 6.32. The summed E-state index contributed by atoms with van der Waals surface area (Å²) >= 11 is 6.50. The largest absolute Gasteiger partial charge is 0.454 e. The maximum atomic E-state index is 13.0. The van der Waals surface area contributed by atoms with Crippen LogP contribution in [0.3, 0.4) is 0 Å². The Kier molecular flexibility index (Phi) is 6.79. The maximum Gasteiger partial charge on any atom is 0.251 e. The topological polar surface area (TPSA) is 98.2 Å². The summed E-state index contributed by atoms with van der Waals surface area (Å²) < 4.78 is 6.02. The Bertz CT molecular complexity index is 1230. The Morgan fingerprint density at radius 1 is 1.11 bits per heavy atom. The third-order valence-electron chi connectivity index (χ3n) is 6.05. The fraction of sp³-hybridized carbons (Fsp3) is 0.333. The van der Waals surface area contributed by atoms with Crippen molar-refractivity contribution in [3.63, 3.8) is 0 Å². The van der Waals surface area contributed by atoms with Crippen molar-refractivity contribution in [3.05, 3.63) is 76.6 Å². The number of piperidine rings is 1. The van der Waals surface area contributed by atoms with E-state index in [2.05, 4.69) is 55.2 Å². The van der Waals surface area contributed by atoms with Crippen LogP contribution in [0.1, 0.15) is 62.0 Å². The summed E-state index contributed by atoms with van der Waals surface area (Å²) in [5.74, 6) is 0.582. The molecule has 2 aromatic carbocycles. The molecule has 0 spiro atoms. The van der Waals surface area contributed by atoms with Gasteiger partial charge in [0, 0.05) is 46.2 Å². The van der Waals surface area contributed by atoms with E-state index in [-0.39, 0.29) is 23.0 Å². The van der Waals surface area contributed by atoms with E-state index >= 15 is 0 Å². The lowest BCUT2D eigenvalue weighted by molar-refractivity contribution is 0.0873. The summed E-state index contributed by atoms with van der Waals surface area (Å²) in [6.07, 6.45) is 7.05. The van der Waals surface area contributed by atoms with Gasteiger partial charge in [0.05, 0.1) is 5.02 Å². The molecule has 35 heavy (non-hydrogen) atoms. The molecule has 4 rings (SSSR count). The zero-order valence-corrected chi connectivity index (χ0v) is 21.1. The number of carbonyl (C=O) groups excluding carboxylic acids is 1. The number of carbonyl (C=O) groups is 1. The molecule has 2 aliphatic rings. The maximum absolute atomic E-state index is 13.0. The van der Waals surface area contributed by atoms with Crippen LogP contribution < -0.4 is 26.2 Å². The molecule has 0 atom stereocenters. The SMILES string of the molecule is CC1(C)CC(NC(=O)c2ccc(Oc3cccc(C4=CNNC=C4)c3C#N)c(Cl)c2)CC(C)(C)N1. The number of nitrogens with zero attached hydrogens (tertiary/aromatic N) is 1. The Morgan fingerprint density at radius 3 is 2.49 bits per heavy atom. The minimum atomic E-state index is -0.172. The van der Waals surface area contributed by atoms with Gasteiger partial charge in [-0.1, -0.05) is 23.7 Å². The standard InChI is InChI=1S/C27H30ClN5O2/c1-26(2)13-19(14-27(3,4)33-26)32-25(34)17-8-9-24(22(28)12-17)35-23-7-5-6-20(21(23)15-29)18-10-11-30-31-16-18/h5-12,16,19,30-31,33H,13-14H2,1-4H3,(H,32,34). The van der Waals surface area contributed by atoms with Gasteiger partial charge >= 0.3 is 0 Å². The number of amides is 1. The van der Waals surface area contributed by atoms with E-state index in [1.807, 2.05) is 18.2 Å². The van der Waals surface area contributed by atoms with Crippen LogP contribution in [-0.2, 0) is 0 Å². The summed E-state index contributed by atoms with van der Waals surface area (Å²) in [5.41, 5.74) is 8.04. The summed E-state index contributed by atoms with van der Waals surface area (Å²) in [4.78, 5) is 13.0. The van der Waals surface area contributed by atoms with E-state index in [0.29, 0.717) is 27.6 Å². The van der Waals surface area contributed by atoms with Crippen LogP contribution in [-0.4, -0.2) is 23.0 Å². The van der Waals surface area contributed by atoms with Crippen molar-refractivity contribution in [2.24, 2.45) is 0 Å². The lowest BCUT2D eigenvalue weighted by Crippen LogP contribution is -2.62. The highest BCUT2D eigenvalue weighted by Crippen LogP contribution is 2.35. The first kappa shape index (κ1) is 24.6. The molecular weight excluding hydrogens is 462 g/mol. The number of halogens is 1. The number of rotatable bonds is 5. The molecule has 0 aromatic heterocycles. The van der Waals surface area contributed by atoms with Gasteiger partial charge < -0.3 is 26.2 Å². The number of hydrogen-bond donors (Lipinski definition) is 4. The van der Waals surface area contributed by atoms with Gasteiger partial charge in [-0.25, -0.2) is 0 Å². The van der Waals surface area contributed by atoms with E-state index in [4.69, 9.17) is 16.3 Å². The van der Waals surface area contributed by atoms with E-state index in [1.165, 1.54) is 0 Å².